The number of aryl methyl sites for hydroxylation is 2. The number of aliphatic carboxylic acids is 1. The number of esters is 1. The molecule has 0 spiro atoms. The third kappa shape index (κ3) is 5.91. The molecule has 11 nitrogen and oxygen atoms in total. The fraction of sp³-hybridized carbons (Fsp3) is 0.222. The maximum atomic E-state index is 13.2. The summed E-state index contributed by atoms with van der Waals surface area (Å²) in [6.07, 6.45) is 0. The summed E-state index contributed by atoms with van der Waals surface area (Å²) in [5.41, 5.74) is 1.72. The molecule has 1 aliphatic rings. The Morgan fingerprint density at radius 3 is 2.18 bits per heavy atom. The second kappa shape index (κ2) is 11.8. The van der Waals surface area contributed by atoms with Crippen molar-refractivity contribution in [1.82, 2.24) is 4.98 Å². The van der Waals surface area contributed by atoms with Crippen LogP contribution in [-0.2, 0) is 19.1 Å². The lowest BCUT2D eigenvalue weighted by atomic mass is 9.95. The number of ketones is 1. The number of aliphatic hydroxyl groups excluding tert-OH is 1. The topological polar surface area (TPSA) is 164 Å². The molecule has 1 fully saturated rings. The summed E-state index contributed by atoms with van der Waals surface area (Å²) in [5, 5.41) is 28.5. The molecule has 1 saturated heterocycles. The van der Waals surface area contributed by atoms with Gasteiger partial charge in [-0.15, -0.1) is 0 Å². The Labute approximate surface area is 227 Å². The monoisotopic (exact) mass is 554 g/mol. The minimum atomic E-state index is -1.05. The van der Waals surface area contributed by atoms with E-state index in [1.807, 2.05) is 0 Å². The number of aromatic hydroxyl groups is 1. The van der Waals surface area contributed by atoms with E-state index in [-0.39, 0.29) is 27.1 Å². The van der Waals surface area contributed by atoms with Gasteiger partial charge < -0.3 is 24.8 Å². The number of benzene rings is 2. The van der Waals surface area contributed by atoms with E-state index >= 15 is 0 Å². The number of thiazole rings is 1. The van der Waals surface area contributed by atoms with Crippen molar-refractivity contribution < 1.29 is 44.0 Å². The van der Waals surface area contributed by atoms with E-state index in [0.29, 0.717) is 22.6 Å². The Morgan fingerprint density at radius 1 is 1.03 bits per heavy atom. The fourth-order valence-electron chi connectivity index (χ4n) is 3.95. The molecular formula is C27H26N2O9S. The molecule has 1 aliphatic heterocycles. The predicted octanol–water partition coefficient (Wildman–Crippen LogP) is 3.98. The van der Waals surface area contributed by atoms with Gasteiger partial charge in [0.15, 0.2) is 5.13 Å². The molecular weight excluding hydrogens is 528 g/mol. The van der Waals surface area contributed by atoms with Crippen LogP contribution in [0, 0.1) is 13.8 Å². The normalized spacial score (nSPS) is 15.9. The largest absolute Gasteiger partial charge is 0.508 e. The standard InChI is InChI=1S/C25H22N2O7S.C2H4O2/c1-12-11-15(7-10-17(12)33-3)20(29)18-19(14-5-8-16(28)9-6-14)27(23(31)21(18)30)25-26-13(2)22(35-25)24(32)34-4;1-2(3)4/h5-11,19,28-29H,1-4H3;1H3,(H,3,4)/b20-18+;. The van der Waals surface area contributed by atoms with Gasteiger partial charge in [0.2, 0.25) is 0 Å². The zero-order valence-corrected chi connectivity index (χ0v) is 22.5. The second-order valence-electron chi connectivity index (χ2n) is 8.37. The number of anilines is 1. The minimum Gasteiger partial charge on any atom is -0.508 e. The number of phenols is 1. The number of hydrogen-bond donors (Lipinski definition) is 3. The van der Waals surface area contributed by atoms with E-state index in [1.165, 1.54) is 26.4 Å². The first-order valence-electron chi connectivity index (χ1n) is 11.4. The highest BCUT2D eigenvalue weighted by Crippen LogP contribution is 2.44. The molecule has 4 rings (SSSR count). The van der Waals surface area contributed by atoms with E-state index in [4.69, 9.17) is 19.4 Å². The molecule has 2 aromatic carbocycles. The third-order valence-corrected chi connectivity index (χ3v) is 6.82. The van der Waals surface area contributed by atoms with Gasteiger partial charge in [0, 0.05) is 12.5 Å². The number of amides is 1. The number of phenolic OH excluding ortho intramolecular Hbond substituents is 1. The highest BCUT2D eigenvalue weighted by atomic mass is 32.1. The van der Waals surface area contributed by atoms with Crippen molar-refractivity contribution in [3.8, 4) is 11.5 Å². The van der Waals surface area contributed by atoms with Crippen molar-refractivity contribution in [3.05, 3.63) is 75.3 Å². The summed E-state index contributed by atoms with van der Waals surface area (Å²) in [5.74, 6) is -3.02. The van der Waals surface area contributed by atoms with Crippen LogP contribution < -0.4 is 9.64 Å². The number of methoxy groups -OCH3 is 2. The quantitative estimate of drug-likeness (QED) is 0.182. The number of carbonyl (C=O) groups excluding carboxylic acids is 3. The summed E-state index contributed by atoms with van der Waals surface area (Å²) in [4.78, 5) is 53.3. The van der Waals surface area contributed by atoms with Crippen LogP contribution in [0.25, 0.3) is 5.76 Å². The van der Waals surface area contributed by atoms with Crippen molar-refractivity contribution in [2.24, 2.45) is 0 Å². The van der Waals surface area contributed by atoms with E-state index in [0.717, 1.165) is 28.7 Å². The average Bonchev–Trinajstić information content (AvgIpc) is 3.39. The zero-order chi connectivity index (χ0) is 29.0. The number of ether oxygens (including phenoxy) is 2. The van der Waals surface area contributed by atoms with Crippen molar-refractivity contribution >= 4 is 45.9 Å². The number of carboxylic acid groups (broad SMARTS) is 1. The average molecular weight is 555 g/mol. The lowest BCUT2D eigenvalue weighted by molar-refractivity contribution is -0.134. The highest BCUT2D eigenvalue weighted by molar-refractivity contribution is 7.17. The SMILES string of the molecule is CC(=O)O.COC(=O)c1sc(N2C(=O)C(=O)/C(=C(/O)c3ccc(OC)c(C)c3)C2c2ccc(O)cc2)nc1C. The number of nitrogens with zero attached hydrogens (tertiary/aromatic N) is 2. The molecule has 1 aromatic heterocycles. The van der Waals surface area contributed by atoms with Crippen LogP contribution >= 0.6 is 11.3 Å². The predicted molar refractivity (Wildman–Crippen MR) is 142 cm³/mol. The molecule has 0 aliphatic carbocycles. The van der Waals surface area contributed by atoms with Crippen LogP contribution in [0.5, 0.6) is 11.5 Å². The summed E-state index contributed by atoms with van der Waals surface area (Å²) >= 11 is 0.911. The van der Waals surface area contributed by atoms with Crippen molar-refractivity contribution in [3.63, 3.8) is 0 Å². The van der Waals surface area contributed by atoms with Gasteiger partial charge in [-0.2, -0.15) is 0 Å². The maximum absolute atomic E-state index is 13.2. The Hall–Kier alpha value is -4.71. The molecule has 204 valence electrons. The number of Topliss-reactive ketones (excluding diaryl/α,β-unsaturated/α-hetero) is 1. The van der Waals surface area contributed by atoms with Crippen LogP contribution in [-0.4, -0.2) is 58.2 Å². The van der Waals surface area contributed by atoms with Gasteiger partial charge in [-0.3, -0.25) is 19.3 Å². The zero-order valence-electron chi connectivity index (χ0n) is 21.7. The van der Waals surface area contributed by atoms with Crippen LogP contribution in [0.4, 0.5) is 5.13 Å². The fourth-order valence-corrected chi connectivity index (χ4v) is 4.96. The number of hydrogen-bond acceptors (Lipinski definition) is 10. The van der Waals surface area contributed by atoms with Crippen LogP contribution in [0.3, 0.4) is 0 Å². The number of aromatic nitrogens is 1. The molecule has 0 saturated carbocycles. The Kier molecular flexibility index (Phi) is 8.71. The summed E-state index contributed by atoms with van der Waals surface area (Å²) < 4.78 is 10.1. The van der Waals surface area contributed by atoms with E-state index in [9.17, 15) is 24.6 Å². The lowest BCUT2D eigenvalue weighted by Gasteiger charge is -2.23. The maximum Gasteiger partial charge on any atom is 0.350 e. The Morgan fingerprint density at radius 2 is 1.64 bits per heavy atom. The van der Waals surface area contributed by atoms with Crippen molar-refractivity contribution in [2.45, 2.75) is 26.8 Å². The summed E-state index contributed by atoms with van der Waals surface area (Å²) in [7, 11) is 2.76. The molecule has 1 unspecified atom stereocenters. The first-order valence-corrected chi connectivity index (χ1v) is 12.2. The number of rotatable bonds is 5. The molecule has 1 atom stereocenters. The lowest BCUT2D eigenvalue weighted by Crippen LogP contribution is -2.29. The Balaban J connectivity index is 0.000000983. The molecule has 3 N–H and O–H groups in total. The van der Waals surface area contributed by atoms with Gasteiger partial charge in [0.25, 0.3) is 11.8 Å². The smallest absolute Gasteiger partial charge is 0.350 e. The van der Waals surface area contributed by atoms with Crippen LogP contribution in [0.15, 0.2) is 48.0 Å². The van der Waals surface area contributed by atoms with Crippen molar-refractivity contribution in [2.75, 3.05) is 19.1 Å². The molecule has 2 heterocycles. The van der Waals surface area contributed by atoms with Gasteiger partial charge >= 0.3 is 11.9 Å². The number of aliphatic hydroxyl groups is 1. The van der Waals surface area contributed by atoms with Gasteiger partial charge in [0.1, 0.15) is 22.1 Å². The molecule has 0 bridgehead atoms. The Bertz CT molecular complexity index is 1470. The summed E-state index contributed by atoms with van der Waals surface area (Å²) in [6, 6.07) is 9.78. The molecule has 12 heteroatoms. The van der Waals surface area contributed by atoms with Gasteiger partial charge in [-0.05, 0) is 55.3 Å². The van der Waals surface area contributed by atoms with Crippen LogP contribution in [0.2, 0.25) is 0 Å². The molecule has 0 radical (unpaired) electrons. The number of carboxylic acids is 1. The summed E-state index contributed by atoms with van der Waals surface area (Å²) in [6.45, 7) is 4.47. The first kappa shape index (κ1) is 28.9. The first-order chi connectivity index (χ1) is 18.4. The van der Waals surface area contributed by atoms with Gasteiger partial charge in [-0.25, -0.2) is 9.78 Å². The van der Waals surface area contributed by atoms with Gasteiger partial charge in [-0.1, -0.05) is 23.5 Å². The van der Waals surface area contributed by atoms with Crippen LogP contribution in [0.1, 0.15) is 45.0 Å². The highest BCUT2D eigenvalue weighted by Gasteiger charge is 2.48. The second-order valence-corrected chi connectivity index (χ2v) is 9.34. The van der Waals surface area contributed by atoms with Gasteiger partial charge in [0.05, 0.1) is 31.5 Å². The van der Waals surface area contributed by atoms with E-state index in [2.05, 4.69) is 4.98 Å². The van der Waals surface area contributed by atoms with E-state index in [1.54, 1.807) is 44.2 Å². The minimum absolute atomic E-state index is 0.00505. The molecule has 39 heavy (non-hydrogen) atoms. The van der Waals surface area contributed by atoms with Crippen molar-refractivity contribution in [1.29, 1.82) is 0 Å². The third-order valence-electron chi connectivity index (χ3n) is 5.68. The van der Waals surface area contributed by atoms with E-state index < -0.39 is 29.7 Å². The molecule has 3 aromatic rings. The molecule has 1 amide bonds. The number of carbonyl (C=O) groups is 4.